The topological polar surface area (TPSA) is 42.4 Å². The fourth-order valence-corrected chi connectivity index (χ4v) is 1.63. The summed E-state index contributed by atoms with van der Waals surface area (Å²) in [5.74, 6) is 0.638. The van der Waals surface area contributed by atoms with Crippen LogP contribution in [0, 0.1) is 6.92 Å². The average Bonchev–Trinajstić information content (AvgIpc) is 2.29. The molecular formula is C12H15NO2. The van der Waals surface area contributed by atoms with Crippen LogP contribution in [0.15, 0.2) is 30.0 Å². The second-order valence-electron chi connectivity index (χ2n) is 3.70. The molecule has 0 fully saturated rings. The van der Waals surface area contributed by atoms with Crippen LogP contribution < -0.4 is 0 Å². The van der Waals surface area contributed by atoms with Gasteiger partial charge in [-0.2, -0.15) is 0 Å². The van der Waals surface area contributed by atoms with Crippen molar-refractivity contribution in [1.29, 1.82) is 0 Å². The predicted molar refractivity (Wildman–Crippen MR) is 57.2 cm³/mol. The monoisotopic (exact) mass is 205 g/mol. The number of rotatable bonds is 2. The van der Waals surface area contributed by atoms with E-state index >= 15 is 0 Å². The molecule has 0 spiro atoms. The lowest BCUT2D eigenvalue weighted by Gasteiger charge is -2.19. The Morgan fingerprint density at radius 2 is 2.33 bits per heavy atom. The number of aromatic nitrogens is 1. The highest BCUT2D eigenvalue weighted by molar-refractivity contribution is 5.19. The van der Waals surface area contributed by atoms with Crippen LogP contribution in [0.25, 0.3) is 0 Å². The van der Waals surface area contributed by atoms with E-state index in [1.807, 2.05) is 31.2 Å². The Kier molecular flexibility index (Phi) is 3.02. The fourth-order valence-electron chi connectivity index (χ4n) is 1.63. The Hall–Kier alpha value is -1.35. The second kappa shape index (κ2) is 4.45. The largest absolute Gasteiger partial charge is 0.495 e. The van der Waals surface area contributed by atoms with Gasteiger partial charge in [0.25, 0.3) is 0 Å². The summed E-state index contributed by atoms with van der Waals surface area (Å²) in [5.41, 5.74) is 1.56. The maximum atomic E-state index is 10.0. The molecule has 0 aliphatic carbocycles. The molecular weight excluding hydrogens is 190 g/mol. The standard InChI is InChI=1S/C12H15NO2/c1-9-5-4-6-10(13-9)12(14)11-7-2-3-8-15-11/h4-7,12,14H,2-3,8H2,1H3. The van der Waals surface area contributed by atoms with E-state index in [1.54, 1.807) is 0 Å². The van der Waals surface area contributed by atoms with Crippen molar-refractivity contribution >= 4 is 0 Å². The molecule has 1 N–H and O–H groups in total. The Morgan fingerprint density at radius 1 is 1.47 bits per heavy atom. The number of aryl methyl sites for hydroxylation is 1. The number of pyridine rings is 1. The van der Waals surface area contributed by atoms with Gasteiger partial charge in [-0.3, -0.25) is 4.98 Å². The van der Waals surface area contributed by atoms with Crippen LogP contribution in [-0.2, 0) is 4.74 Å². The van der Waals surface area contributed by atoms with Gasteiger partial charge in [0.05, 0.1) is 12.3 Å². The van der Waals surface area contributed by atoms with E-state index in [0.29, 0.717) is 18.1 Å². The summed E-state index contributed by atoms with van der Waals surface area (Å²) in [6.07, 6.45) is 3.22. The van der Waals surface area contributed by atoms with Gasteiger partial charge >= 0.3 is 0 Å². The molecule has 0 saturated heterocycles. The van der Waals surface area contributed by atoms with Crippen LogP contribution >= 0.6 is 0 Å². The minimum atomic E-state index is -0.717. The number of hydrogen-bond acceptors (Lipinski definition) is 3. The first-order chi connectivity index (χ1) is 7.27. The number of allylic oxidation sites excluding steroid dienone is 1. The molecule has 1 aromatic rings. The molecule has 1 unspecified atom stereocenters. The molecule has 2 heterocycles. The van der Waals surface area contributed by atoms with Crippen LogP contribution in [-0.4, -0.2) is 16.7 Å². The minimum absolute atomic E-state index is 0.638. The Balaban J connectivity index is 2.19. The fraction of sp³-hybridized carbons (Fsp3) is 0.417. The first-order valence-corrected chi connectivity index (χ1v) is 5.22. The summed E-state index contributed by atoms with van der Waals surface area (Å²) < 4.78 is 5.41. The Labute approximate surface area is 89.4 Å². The number of nitrogens with zero attached hydrogens (tertiary/aromatic N) is 1. The van der Waals surface area contributed by atoms with Crippen molar-refractivity contribution in [1.82, 2.24) is 4.98 Å². The molecule has 1 aliphatic rings. The molecule has 3 nitrogen and oxygen atoms in total. The van der Waals surface area contributed by atoms with Crippen LogP contribution in [0.4, 0.5) is 0 Å². The first kappa shape index (κ1) is 10.2. The first-order valence-electron chi connectivity index (χ1n) is 5.22. The van der Waals surface area contributed by atoms with Gasteiger partial charge in [0.15, 0.2) is 6.10 Å². The van der Waals surface area contributed by atoms with Crippen molar-refractivity contribution in [2.24, 2.45) is 0 Å². The van der Waals surface area contributed by atoms with Crippen molar-refractivity contribution in [2.45, 2.75) is 25.9 Å². The lowest BCUT2D eigenvalue weighted by atomic mass is 10.1. The molecule has 15 heavy (non-hydrogen) atoms. The van der Waals surface area contributed by atoms with E-state index in [-0.39, 0.29) is 0 Å². The quantitative estimate of drug-likeness (QED) is 0.804. The van der Waals surface area contributed by atoms with Gasteiger partial charge < -0.3 is 9.84 Å². The molecule has 0 saturated carbocycles. The smallest absolute Gasteiger partial charge is 0.152 e. The highest BCUT2D eigenvalue weighted by atomic mass is 16.5. The van der Waals surface area contributed by atoms with Crippen LogP contribution in [0.1, 0.15) is 30.3 Å². The zero-order chi connectivity index (χ0) is 10.7. The van der Waals surface area contributed by atoms with Gasteiger partial charge in [0.1, 0.15) is 5.76 Å². The second-order valence-corrected chi connectivity index (χ2v) is 3.70. The summed E-state index contributed by atoms with van der Waals surface area (Å²) in [5, 5.41) is 10.0. The molecule has 0 aromatic carbocycles. The highest BCUT2D eigenvalue weighted by Gasteiger charge is 2.17. The van der Waals surface area contributed by atoms with E-state index in [1.165, 1.54) is 0 Å². The van der Waals surface area contributed by atoms with E-state index in [4.69, 9.17) is 4.74 Å². The highest BCUT2D eigenvalue weighted by Crippen LogP contribution is 2.24. The van der Waals surface area contributed by atoms with Crippen LogP contribution in [0.3, 0.4) is 0 Å². The maximum Gasteiger partial charge on any atom is 0.152 e. The molecule has 1 atom stereocenters. The summed E-state index contributed by atoms with van der Waals surface area (Å²) in [7, 11) is 0. The molecule has 1 aromatic heterocycles. The van der Waals surface area contributed by atoms with Gasteiger partial charge in [0, 0.05) is 5.69 Å². The normalized spacial score (nSPS) is 17.9. The van der Waals surface area contributed by atoms with E-state index in [2.05, 4.69) is 4.98 Å². The lowest BCUT2D eigenvalue weighted by Crippen LogP contribution is -2.11. The minimum Gasteiger partial charge on any atom is -0.495 e. The van der Waals surface area contributed by atoms with Crippen LogP contribution in [0.5, 0.6) is 0 Å². The number of ether oxygens (including phenoxy) is 1. The summed E-state index contributed by atoms with van der Waals surface area (Å²) in [4.78, 5) is 4.28. The number of aliphatic hydroxyl groups is 1. The average molecular weight is 205 g/mol. The van der Waals surface area contributed by atoms with Crippen molar-refractivity contribution in [2.75, 3.05) is 6.61 Å². The Bertz CT molecular complexity index is 374. The van der Waals surface area contributed by atoms with Crippen LogP contribution in [0.2, 0.25) is 0 Å². The molecule has 0 radical (unpaired) electrons. The zero-order valence-corrected chi connectivity index (χ0v) is 8.81. The van der Waals surface area contributed by atoms with Gasteiger partial charge in [-0.15, -0.1) is 0 Å². The number of hydrogen-bond donors (Lipinski definition) is 1. The third kappa shape index (κ3) is 2.36. The van der Waals surface area contributed by atoms with Crippen molar-refractivity contribution in [3.63, 3.8) is 0 Å². The molecule has 0 amide bonds. The summed E-state index contributed by atoms with van der Waals surface area (Å²) in [6.45, 7) is 2.60. The van der Waals surface area contributed by atoms with Gasteiger partial charge in [0.2, 0.25) is 0 Å². The van der Waals surface area contributed by atoms with Crippen molar-refractivity contribution in [3.05, 3.63) is 41.4 Å². The summed E-state index contributed by atoms with van der Waals surface area (Å²) >= 11 is 0. The zero-order valence-electron chi connectivity index (χ0n) is 8.81. The maximum absolute atomic E-state index is 10.0. The van der Waals surface area contributed by atoms with Gasteiger partial charge in [-0.1, -0.05) is 6.07 Å². The SMILES string of the molecule is Cc1cccc(C(O)C2=CCCCO2)n1. The van der Waals surface area contributed by atoms with Gasteiger partial charge in [-0.25, -0.2) is 0 Å². The molecule has 3 heteroatoms. The third-order valence-corrected chi connectivity index (χ3v) is 2.42. The van der Waals surface area contributed by atoms with E-state index < -0.39 is 6.10 Å². The molecule has 2 rings (SSSR count). The summed E-state index contributed by atoms with van der Waals surface area (Å²) in [6, 6.07) is 5.62. The van der Waals surface area contributed by atoms with E-state index in [9.17, 15) is 5.11 Å². The van der Waals surface area contributed by atoms with Gasteiger partial charge in [-0.05, 0) is 38.0 Å². The Morgan fingerprint density at radius 3 is 3.00 bits per heavy atom. The predicted octanol–water partition coefficient (Wildman–Crippen LogP) is 2.12. The molecule has 80 valence electrons. The van der Waals surface area contributed by atoms with Crippen molar-refractivity contribution < 1.29 is 9.84 Å². The number of aliphatic hydroxyl groups excluding tert-OH is 1. The molecule has 0 bridgehead atoms. The molecule has 1 aliphatic heterocycles. The third-order valence-electron chi connectivity index (χ3n) is 2.42. The van der Waals surface area contributed by atoms with E-state index in [0.717, 1.165) is 18.5 Å². The van der Waals surface area contributed by atoms with Crippen molar-refractivity contribution in [3.8, 4) is 0 Å². The lowest BCUT2D eigenvalue weighted by molar-refractivity contribution is 0.0894.